The predicted molar refractivity (Wildman–Crippen MR) is 74.7 cm³/mol. The molecule has 0 aliphatic carbocycles. The van der Waals surface area contributed by atoms with Crippen molar-refractivity contribution in [3.63, 3.8) is 0 Å². The van der Waals surface area contributed by atoms with Gasteiger partial charge in [0.15, 0.2) is 0 Å². The van der Waals surface area contributed by atoms with Gasteiger partial charge >= 0.3 is 0 Å². The fraction of sp³-hybridized carbons (Fsp3) is 0.357. The van der Waals surface area contributed by atoms with E-state index in [1.54, 1.807) is 23.0 Å². The lowest BCUT2D eigenvalue weighted by Gasteiger charge is -2.17. The van der Waals surface area contributed by atoms with Gasteiger partial charge in [-0.05, 0) is 25.1 Å². The van der Waals surface area contributed by atoms with Crippen molar-refractivity contribution >= 4 is 11.6 Å². The van der Waals surface area contributed by atoms with Crippen molar-refractivity contribution in [1.82, 2.24) is 15.1 Å². The Labute approximate surface area is 117 Å². The molecule has 1 N–H and O–H groups in total. The lowest BCUT2D eigenvalue weighted by Crippen LogP contribution is -2.23. The van der Waals surface area contributed by atoms with Crippen LogP contribution in [0, 0.1) is 5.82 Å². The summed E-state index contributed by atoms with van der Waals surface area (Å²) < 4.78 is 15.6. The van der Waals surface area contributed by atoms with Gasteiger partial charge in [0.25, 0.3) is 0 Å². The molecule has 2 aromatic rings. The van der Waals surface area contributed by atoms with E-state index in [2.05, 4.69) is 10.4 Å². The molecule has 102 valence electrons. The molecule has 1 unspecified atom stereocenters. The molecule has 0 saturated carbocycles. The number of nitrogens with zero attached hydrogens (tertiary/aromatic N) is 2. The van der Waals surface area contributed by atoms with Crippen molar-refractivity contribution < 1.29 is 4.39 Å². The Kier molecular flexibility index (Phi) is 4.56. The van der Waals surface area contributed by atoms with Crippen molar-refractivity contribution in [1.29, 1.82) is 0 Å². The van der Waals surface area contributed by atoms with Crippen LogP contribution in [0.5, 0.6) is 0 Å². The first-order chi connectivity index (χ1) is 9.11. The van der Waals surface area contributed by atoms with E-state index in [1.807, 2.05) is 20.2 Å². The average Bonchev–Trinajstić information content (AvgIpc) is 2.79. The van der Waals surface area contributed by atoms with E-state index >= 15 is 0 Å². The van der Waals surface area contributed by atoms with E-state index in [4.69, 9.17) is 11.6 Å². The number of hydrogen-bond donors (Lipinski definition) is 1. The molecule has 19 heavy (non-hydrogen) atoms. The molecule has 1 heterocycles. The Morgan fingerprint density at radius 2 is 2.26 bits per heavy atom. The number of benzene rings is 1. The lowest BCUT2D eigenvalue weighted by atomic mass is 10.0. The van der Waals surface area contributed by atoms with E-state index < -0.39 is 0 Å². The minimum atomic E-state index is -0.265. The fourth-order valence-electron chi connectivity index (χ4n) is 2.11. The molecule has 3 nitrogen and oxygen atoms in total. The predicted octanol–water partition coefficient (Wildman–Crippen LogP) is 3.11. The molecule has 2 rings (SSSR count). The SMILES string of the molecule is CCNC(Cc1c(F)cccc1Cl)c1cnn(C)c1. The molecule has 0 fully saturated rings. The topological polar surface area (TPSA) is 29.9 Å². The summed E-state index contributed by atoms with van der Waals surface area (Å²) in [5, 5.41) is 7.96. The van der Waals surface area contributed by atoms with Gasteiger partial charge in [-0.15, -0.1) is 0 Å². The lowest BCUT2D eigenvalue weighted by molar-refractivity contribution is 0.527. The third kappa shape index (κ3) is 3.33. The van der Waals surface area contributed by atoms with Gasteiger partial charge in [0, 0.05) is 35.4 Å². The quantitative estimate of drug-likeness (QED) is 0.913. The smallest absolute Gasteiger partial charge is 0.127 e. The molecule has 1 atom stereocenters. The highest BCUT2D eigenvalue weighted by molar-refractivity contribution is 6.31. The Morgan fingerprint density at radius 1 is 1.47 bits per heavy atom. The van der Waals surface area contributed by atoms with Crippen LogP contribution in [0.4, 0.5) is 4.39 Å². The molecule has 1 aromatic carbocycles. The summed E-state index contributed by atoms with van der Waals surface area (Å²) >= 11 is 6.08. The second kappa shape index (κ2) is 6.17. The van der Waals surface area contributed by atoms with Gasteiger partial charge in [-0.25, -0.2) is 4.39 Å². The summed E-state index contributed by atoms with van der Waals surface area (Å²) in [5.74, 6) is -0.265. The second-order valence-corrected chi connectivity index (χ2v) is 4.87. The first-order valence-corrected chi connectivity index (χ1v) is 6.64. The summed E-state index contributed by atoms with van der Waals surface area (Å²) in [6.45, 7) is 2.82. The number of rotatable bonds is 5. The zero-order valence-corrected chi connectivity index (χ0v) is 11.8. The van der Waals surface area contributed by atoms with Crippen LogP contribution in [0.15, 0.2) is 30.6 Å². The van der Waals surface area contributed by atoms with Crippen LogP contribution in [0.1, 0.15) is 24.1 Å². The largest absolute Gasteiger partial charge is 0.310 e. The Balaban J connectivity index is 2.26. The number of nitrogens with one attached hydrogen (secondary N) is 1. The van der Waals surface area contributed by atoms with Crippen LogP contribution < -0.4 is 5.32 Å². The maximum absolute atomic E-state index is 13.8. The van der Waals surface area contributed by atoms with Crippen molar-refractivity contribution in [2.45, 2.75) is 19.4 Å². The van der Waals surface area contributed by atoms with E-state index in [1.165, 1.54) is 6.07 Å². The van der Waals surface area contributed by atoms with Crippen molar-refractivity contribution in [3.8, 4) is 0 Å². The molecule has 0 amide bonds. The number of aromatic nitrogens is 2. The van der Waals surface area contributed by atoms with Gasteiger partial charge in [-0.3, -0.25) is 4.68 Å². The zero-order chi connectivity index (χ0) is 13.8. The third-order valence-corrected chi connectivity index (χ3v) is 3.40. The van der Waals surface area contributed by atoms with Crippen LogP contribution in [0.3, 0.4) is 0 Å². The summed E-state index contributed by atoms with van der Waals surface area (Å²) in [7, 11) is 1.86. The maximum atomic E-state index is 13.8. The number of aryl methyl sites for hydroxylation is 1. The molecule has 0 spiro atoms. The Hall–Kier alpha value is -1.39. The second-order valence-electron chi connectivity index (χ2n) is 4.46. The Morgan fingerprint density at radius 3 is 2.84 bits per heavy atom. The first-order valence-electron chi connectivity index (χ1n) is 6.26. The summed E-state index contributed by atoms with van der Waals surface area (Å²) in [4.78, 5) is 0. The zero-order valence-electron chi connectivity index (χ0n) is 11.0. The van der Waals surface area contributed by atoms with Crippen LogP contribution >= 0.6 is 11.6 Å². The van der Waals surface area contributed by atoms with E-state index in [-0.39, 0.29) is 11.9 Å². The molecule has 1 aromatic heterocycles. The van der Waals surface area contributed by atoms with Crippen molar-refractivity contribution in [2.75, 3.05) is 6.54 Å². The van der Waals surface area contributed by atoms with E-state index in [0.717, 1.165) is 12.1 Å². The highest BCUT2D eigenvalue weighted by Crippen LogP contribution is 2.25. The number of halogens is 2. The van der Waals surface area contributed by atoms with Crippen LogP contribution in [0.2, 0.25) is 5.02 Å². The molecule has 0 aliphatic heterocycles. The van der Waals surface area contributed by atoms with Gasteiger partial charge < -0.3 is 5.32 Å². The van der Waals surface area contributed by atoms with Gasteiger partial charge in [0.2, 0.25) is 0 Å². The molecule has 0 saturated heterocycles. The number of likely N-dealkylation sites (N-methyl/N-ethyl adjacent to an activating group) is 1. The van der Waals surface area contributed by atoms with Gasteiger partial charge in [-0.1, -0.05) is 24.6 Å². The normalized spacial score (nSPS) is 12.6. The first kappa shape index (κ1) is 14.0. The molecular weight excluding hydrogens is 265 g/mol. The fourth-order valence-corrected chi connectivity index (χ4v) is 2.35. The Bertz CT molecular complexity index is 533. The summed E-state index contributed by atoms with van der Waals surface area (Å²) in [6.07, 6.45) is 4.23. The molecule has 5 heteroatoms. The van der Waals surface area contributed by atoms with Crippen molar-refractivity contribution in [2.24, 2.45) is 7.05 Å². The third-order valence-electron chi connectivity index (χ3n) is 3.05. The summed E-state index contributed by atoms with van der Waals surface area (Å²) in [5.41, 5.74) is 1.57. The number of hydrogen-bond acceptors (Lipinski definition) is 2. The van der Waals surface area contributed by atoms with E-state index in [9.17, 15) is 4.39 Å². The highest BCUT2D eigenvalue weighted by Gasteiger charge is 2.17. The molecule has 0 aliphatic rings. The van der Waals surface area contributed by atoms with Gasteiger partial charge in [0.05, 0.1) is 6.20 Å². The standard InChI is InChI=1S/C14H17ClFN3/c1-3-17-14(10-8-18-19(2)9-10)7-11-12(15)5-4-6-13(11)16/h4-6,8-9,14,17H,3,7H2,1-2H3. The highest BCUT2D eigenvalue weighted by atomic mass is 35.5. The van der Waals surface area contributed by atoms with Crippen molar-refractivity contribution in [3.05, 3.63) is 52.6 Å². The maximum Gasteiger partial charge on any atom is 0.127 e. The van der Waals surface area contributed by atoms with Crippen LogP contribution in [-0.2, 0) is 13.5 Å². The van der Waals surface area contributed by atoms with E-state index in [0.29, 0.717) is 17.0 Å². The molecular formula is C14H17ClFN3. The minimum absolute atomic E-state index is 0.00750. The monoisotopic (exact) mass is 281 g/mol. The van der Waals surface area contributed by atoms with Gasteiger partial charge in [-0.2, -0.15) is 5.10 Å². The van der Waals surface area contributed by atoms with Gasteiger partial charge in [0.1, 0.15) is 5.82 Å². The molecule has 0 bridgehead atoms. The van der Waals surface area contributed by atoms with Crippen LogP contribution in [0.25, 0.3) is 0 Å². The van der Waals surface area contributed by atoms with Crippen LogP contribution in [-0.4, -0.2) is 16.3 Å². The summed E-state index contributed by atoms with van der Waals surface area (Å²) in [6, 6.07) is 4.78. The minimum Gasteiger partial charge on any atom is -0.310 e. The molecule has 0 radical (unpaired) electrons. The average molecular weight is 282 g/mol.